The summed E-state index contributed by atoms with van der Waals surface area (Å²) in [5, 5.41) is 40.7. The van der Waals surface area contributed by atoms with Crippen molar-refractivity contribution < 1.29 is 29.9 Å². The summed E-state index contributed by atoms with van der Waals surface area (Å²) in [7, 11) is 0. The monoisotopic (exact) mass is 360 g/mol. The van der Waals surface area contributed by atoms with Gasteiger partial charge in [0, 0.05) is 0 Å². The largest absolute Gasteiger partial charge is 0.387 e. The number of aliphatic hydroxyl groups excluding tert-OH is 4. The normalized spacial score (nSPS) is 31.7. The topological polar surface area (TPSA) is 99.4 Å². The number of hydrogen-bond donors (Lipinski definition) is 4. The van der Waals surface area contributed by atoms with Crippen LogP contribution in [0.2, 0.25) is 0 Å². The minimum absolute atomic E-state index is 0.184. The Morgan fingerprint density at radius 3 is 1.23 bits per heavy atom. The highest BCUT2D eigenvalue weighted by molar-refractivity contribution is 5.15. The standard InChI is InChI=1S/C20H24O6/c21-15-16(22)18(24)20(26-12-14-9-5-2-6-10-14)19(17(15)23)25-11-13-7-3-1-4-8-13/h1-10,15-24H,11-12H2/t15-,16-,17+,18+,19-,20+/m0/s1. The van der Waals surface area contributed by atoms with Gasteiger partial charge < -0.3 is 29.9 Å². The number of aliphatic hydroxyl groups is 4. The van der Waals surface area contributed by atoms with Gasteiger partial charge in [0.15, 0.2) is 0 Å². The van der Waals surface area contributed by atoms with E-state index in [1.165, 1.54) is 0 Å². The van der Waals surface area contributed by atoms with Gasteiger partial charge in [-0.2, -0.15) is 0 Å². The molecule has 140 valence electrons. The zero-order valence-electron chi connectivity index (χ0n) is 14.3. The molecule has 0 heterocycles. The first-order chi connectivity index (χ1) is 12.6. The van der Waals surface area contributed by atoms with Gasteiger partial charge in [-0.1, -0.05) is 60.7 Å². The van der Waals surface area contributed by atoms with Crippen molar-refractivity contribution in [3.8, 4) is 0 Å². The summed E-state index contributed by atoms with van der Waals surface area (Å²) in [5.41, 5.74) is 1.77. The van der Waals surface area contributed by atoms with E-state index >= 15 is 0 Å². The van der Waals surface area contributed by atoms with Crippen molar-refractivity contribution in [3.63, 3.8) is 0 Å². The van der Waals surface area contributed by atoms with Crippen molar-refractivity contribution in [1.82, 2.24) is 0 Å². The van der Waals surface area contributed by atoms with Gasteiger partial charge in [-0.3, -0.25) is 0 Å². The third-order valence-electron chi connectivity index (χ3n) is 4.62. The van der Waals surface area contributed by atoms with E-state index in [-0.39, 0.29) is 13.2 Å². The maximum absolute atomic E-state index is 10.3. The Morgan fingerprint density at radius 1 is 0.538 bits per heavy atom. The molecule has 0 bridgehead atoms. The average Bonchev–Trinajstić information content (AvgIpc) is 2.69. The molecule has 0 spiro atoms. The third-order valence-corrected chi connectivity index (χ3v) is 4.62. The van der Waals surface area contributed by atoms with Gasteiger partial charge in [0.2, 0.25) is 0 Å². The van der Waals surface area contributed by atoms with Gasteiger partial charge in [0.1, 0.15) is 36.6 Å². The predicted molar refractivity (Wildman–Crippen MR) is 94.1 cm³/mol. The summed E-state index contributed by atoms with van der Waals surface area (Å²) >= 11 is 0. The minimum Gasteiger partial charge on any atom is -0.387 e. The second-order valence-electron chi connectivity index (χ2n) is 6.48. The minimum atomic E-state index is -1.51. The smallest absolute Gasteiger partial charge is 0.115 e. The van der Waals surface area contributed by atoms with Gasteiger partial charge in [0.25, 0.3) is 0 Å². The van der Waals surface area contributed by atoms with Gasteiger partial charge in [0.05, 0.1) is 13.2 Å². The van der Waals surface area contributed by atoms with E-state index in [2.05, 4.69) is 0 Å². The van der Waals surface area contributed by atoms with Crippen LogP contribution >= 0.6 is 0 Å². The molecule has 4 N–H and O–H groups in total. The van der Waals surface area contributed by atoms with E-state index in [4.69, 9.17) is 9.47 Å². The van der Waals surface area contributed by atoms with Crippen LogP contribution in [-0.2, 0) is 22.7 Å². The van der Waals surface area contributed by atoms with Crippen LogP contribution in [0.1, 0.15) is 11.1 Å². The fraction of sp³-hybridized carbons (Fsp3) is 0.400. The lowest BCUT2D eigenvalue weighted by Gasteiger charge is -2.43. The zero-order chi connectivity index (χ0) is 18.5. The first kappa shape index (κ1) is 19.0. The lowest BCUT2D eigenvalue weighted by atomic mass is 9.84. The first-order valence-electron chi connectivity index (χ1n) is 8.61. The van der Waals surface area contributed by atoms with Gasteiger partial charge in [-0.05, 0) is 11.1 Å². The fourth-order valence-electron chi connectivity index (χ4n) is 3.10. The molecular formula is C20H24O6. The summed E-state index contributed by atoms with van der Waals surface area (Å²) < 4.78 is 11.5. The van der Waals surface area contributed by atoms with Gasteiger partial charge >= 0.3 is 0 Å². The van der Waals surface area contributed by atoms with Crippen molar-refractivity contribution in [2.24, 2.45) is 0 Å². The number of benzene rings is 2. The van der Waals surface area contributed by atoms with Gasteiger partial charge in [-0.25, -0.2) is 0 Å². The first-order valence-corrected chi connectivity index (χ1v) is 8.61. The van der Waals surface area contributed by atoms with E-state index in [1.807, 2.05) is 60.7 Å². The molecular weight excluding hydrogens is 336 g/mol. The molecule has 6 atom stereocenters. The fourth-order valence-corrected chi connectivity index (χ4v) is 3.10. The maximum Gasteiger partial charge on any atom is 0.115 e. The molecule has 6 nitrogen and oxygen atoms in total. The molecule has 0 saturated heterocycles. The highest BCUT2D eigenvalue weighted by atomic mass is 16.6. The van der Waals surface area contributed by atoms with Crippen molar-refractivity contribution in [1.29, 1.82) is 0 Å². The maximum atomic E-state index is 10.3. The van der Waals surface area contributed by atoms with E-state index in [0.29, 0.717) is 0 Å². The van der Waals surface area contributed by atoms with Crippen molar-refractivity contribution in [3.05, 3.63) is 71.8 Å². The van der Waals surface area contributed by atoms with Crippen molar-refractivity contribution >= 4 is 0 Å². The molecule has 0 aliphatic heterocycles. The summed E-state index contributed by atoms with van der Waals surface area (Å²) in [5.74, 6) is 0. The average molecular weight is 360 g/mol. The molecule has 1 aliphatic rings. The Kier molecular flexibility index (Phi) is 6.37. The lowest BCUT2D eigenvalue weighted by molar-refractivity contribution is -0.251. The van der Waals surface area contributed by atoms with Crippen LogP contribution in [0.25, 0.3) is 0 Å². The lowest BCUT2D eigenvalue weighted by Crippen LogP contribution is -2.64. The molecule has 0 amide bonds. The predicted octanol–water partition coefficient (Wildman–Crippen LogP) is 0.614. The van der Waals surface area contributed by atoms with E-state index in [9.17, 15) is 20.4 Å². The molecule has 0 aromatic heterocycles. The van der Waals surface area contributed by atoms with Crippen molar-refractivity contribution in [2.45, 2.75) is 49.8 Å². The van der Waals surface area contributed by atoms with Gasteiger partial charge in [-0.15, -0.1) is 0 Å². The van der Waals surface area contributed by atoms with Crippen LogP contribution in [0.5, 0.6) is 0 Å². The summed E-state index contributed by atoms with van der Waals surface area (Å²) in [6.07, 6.45) is -7.74. The van der Waals surface area contributed by atoms with Crippen LogP contribution < -0.4 is 0 Å². The van der Waals surface area contributed by atoms with Crippen LogP contribution in [0.15, 0.2) is 60.7 Å². The Labute approximate surface area is 152 Å². The summed E-state index contributed by atoms with van der Waals surface area (Å²) in [4.78, 5) is 0. The third kappa shape index (κ3) is 4.29. The molecule has 2 aromatic rings. The quantitative estimate of drug-likeness (QED) is 0.603. The second kappa shape index (κ2) is 8.73. The number of rotatable bonds is 6. The molecule has 26 heavy (non-hydrogen) atoms. The van der Waals surface area contributed by atoms with Crippen LogP contribution in [-0.4, -0.2) is 57.0 Å². The highest BCUT2D eigenvalue weighted by Crippen LogP contribution is 2.27. The molecule has 0 radical (unpaired) electrons. The van der Waals surface area contributed by atoms with E-state index < -0.39 is 36.6 Å². The Balaban J connectivity index is 1.72. The highest BCUT2D eigenvalue weighted by Gasteiger charge is 2.50. The van der Waals surface area contributed by atoms with E-state index in [1.54, 1.807) is 0 Å². The molecule has 2 aromatic carbocycles. The Morgan fingerprint density at radius 2 is 0.885 bits per heavy atom. The molecule has 0 unspecified atom stereocenters. The van der Waals surface area contributed by atoms with Crippen molar-refractivity contribution in [2.75, 3.05) is 0 Å². The number of ether oxygens (including phenoxy) is 2. The Hall–Kier alpha value is -1.80. The van der Waals surface area contributed by atoms with Crippen LogP contribution in [0, 0.1) is 0 Å². The molecule has 1 aliphatic carbocycles. The van der Waals surface area contributed by atoms with Crippen LogP contribution in [0.3, 0.4) is 0 Å². The molecule has 1 saturated carbocycles. The Bertz CT molecular complexity index is 605. The summed E-state index contributed by atoms with van der Waals surface area (Å²) in [6, 6.07) is 18.7. The molecule has 6 heteroatoms. The molecule has 3 rings (SSSR count). The molecule has 1 fully saturated rings. The number of hydrogen-bond acceptors (Lipinski definition) is 6. The van der Waals surface area contributed by atoms with E-state index in [0.717, 1.165) is 11.1 Å². The SMILES string of the molecule is O[C@H]1[C@H](O)[C@@H](O)[C@H](OCc2ccccc2)[C@H](OCc2ccccc2)[C@@H]1O. The summed E-state index contributed by atoms with van der Waals surface area (Å²) in [6.45, 7) is 0.368. The van der Waals surface area contributed by atoms with Crippen LogP contribution in [0.4, 0.5) is 0 Å². The zero-order valence-corrected chi connectivity index (χ0v) is 14.3. The second-order valence-corrected chi connectivity index (χ2v) is 6.48.